The van der Waals surface area contributed by atoms with Gasteiger partial charge in [0, 0.05) is 20.3 Å². The first-order chi connectivity index (χ1) is 7.15. The predicted octanol–water partition coefficient (Wildman–Crippen LogP) is 1.67. The van der Waals surface area contributed by atoms with Crippen molar-refractivity contribution in [1.29, 1.82) is 0 Å². The average Bonchev–Trinajstić information content (AvgIpc) is 2.20. The van der Waals surface area contributed by atoms with E-state index in [9.17, 15) is 4.79 Å². The Kier molecular flexibility index (Phi) is 7.58. The Balaban J connectivity index is 4.19. The molecule has 0 saturated heterocycles. The minimum absolute atomic E-state index is 0.354. The second-order valence-electron chi connectivity index (χ2n) is 2.83. The van der Waals surface area contributed by atoms with Gasteiger partial charge in [0.05, 0.1) is 6.61 Å². The van der Waals surface area contributed by atoms with Crippen molar-refractivity contribution in [2.75, 3.05) is 20.8 Å². The van der Waals surface area contributed by atoms with Crippen LogP contribution < -0.4 is 0 Å². The molecule has 0 aromatic heterocycles. The number of ether oxygens (including phenoxy) is 3. The molecule has 0 aromatic rings. The number of esters is 1. The second kappa shape index (κ2) is 8.20. The van der Waals surface area contributed by atoms with Crippen LogP contribution in [0.2, 0.25) is 0 Å². The van der Waals surface area contributed by atoms with Crippen molar-refractivity contribution in [3.8, 4) is 0 Å². The third-order valence-corrected chi connectivity index (χ3v) is 1.68. The molecule has 0 saturated carbocycles. The lowest BCUT2D eigenvalue weighted by molar-refractivity contribution is -0.137. The number of carbonyl (C=O) groups is 1. The standard InChI is InChI=1S/C11H18O4/c1-5-15-10(12)8-6-7-9(2)11(13-3)14-4/h6-8,11H,5H2,1-4H3/b8-6+,9-7+. The van der Waals surface area contributed by atoms with E-state index in [-0.39, 0.29) is 12.3 Å². The van der Waals surface area contributed by atoms with Gasteiger partial charge in [-0.3, -0.25) is 0 Å². The summed E-state index contributed by atoms with van der Waals surface area (Å²) in [6.07, 6.45) is 4.33. The van der Waals surface area contributed by atoms with Crippen LogP contribution in [0.1, 0.15) is 13.8 Å². The SMILES string of the molecule is CCOC(=O)/C=C/C=C(\C)C(OC)OC. The fourth-order valence-corrected chi connectivity index (χ4v) is 1.02. The second-order valence-corrected chi connectivity index (χ2v) is 2.83. The van der Waals surface area contributed by atoms with E-state index in [2.05, 4.69) is 0 Å². The molecule has 15 heavy (non-hydrogen) atoms. The molecule has 0 aliphatic rings. The first-order valence-electron chi connectivity index (χ1n) is 4.72. The highest BCUT2D eigenvalue weighted by molar-refractivity contribution is 5.82. The van der Waals surface area contributed by atoms with E-state index in [1.165, 1.54) is 6.08 Å². The van der Waals surface area contributed by atoms with Crippen molar-refractivity contribution < 1.29 is 19.0 Å². The van der Waals surface area contributed by atoms with E-state index in [0.29, 0.717) is 6.61 Å². The zero-order valence-electron chi connectivity index (χ0n) is 9.65. The van der Waals surface area contributed by atoms with E-state index in [1.807, 2.05) is 6.92 Å². The average molecular weight is 214 g/mol. The summed E-state index contributed by atoms with van der Waals surface area (Å²) in [4.78, 5) is 10.9. The van der Waals surface area contributed by atoms with E-state index in [4.69, 9.17) is 14.2 Å². The van der Waals surface area contributed by atoms with Crippen LogP contribution in [0.15, 0.2) is 23.8 Å². The Labute approximate surface area is 90.5 Å². The number of carbonyl (C=O) groups excluding carboxylic acids is 1. The number of hydrogen-bond acceptors (Lipinski definition) is 4. The minimum Gasteiger partial charge on any atom is -0.463 e. The Hall–Kier alpha value is -1.13. The van der Waals surface area contributed by atoms with Crippen molar-refractivity contribution >= 4 is 5.97 Å². The van der Waals surface area contributed by atoms with Gasteiger partial charge in [-0.25, -0.2) is 4.79 Å². The van der Waals surface area contributed by atoms with Crippen LogP contribution in [0.4, 0.5) is 0 Å². The molecule has 0 rings (SSSR count). The number of hydrogen-bond donors (Lipinski definition) is 0. The van der Waals surface area contributed by atoms with Gasteiger partial charge in [-0.05, 0) is 19.4 Å². The Bertz CT molecular complexity index is 239. The van der Waals surface area contributed by atoms with E-state index >= 15 is 0 Å². The molecule has 0 radical (unpaired) electrons. The van der Waals surface area contributed by atoms with Crippen molar-refractivity contribution in [3.05, 3.63) is 23.8 Å². The summed E-state index contributed by atoms with van der Waals surface area (Å²) in [5.74, 6) is -0.354. The normalized spacial score (nSPS) is 12.5. The van der Waals surface area contributed by atoms with Crippen LogP contribution >= 0.6 is 0 Å². The summed E-state index contributed by atoms with van der Waals surface area (Å²) in [6.45, 7) is 4.00. The molecule has 4 heteroatoms. The Morgan fingerprint density at radius 2 is 1.93 bits per heavy atom. The summed E-state index contributed by atoms with van der Waals surface area (Å²) in [5, 5.41) is 0. The van der Waals surface area contributed by atoms with Gasteiger partial charge in [0.1, 0.15) is 0 Å². The number of rotatable bonds is 6. The summed E-state index contributed by atoms with van der Waals surface area (Å²) in [7, 11) is 3.11. The molecule has 0 aromatic carbocycles. The summed E-state index contributed by atoms with van der Waals surface area (Å²) < 4.78 is 14.8. The van der Waals surface area contributed by atoms with Gasteiger partial charge in [-0.1, -0.05) is 12.2 Å². The molecule has 0 aliphatic heterocycles. The molecule has 0 amide bonds. The van der Waals surface area contributed by atoms with Gasteiger partial charge in [0.2, 0.25) is 0 Å². The predicted molar refractivity (Wildman–Crippen MR) is 57.3 cm³/mol. The van der Waals surface area contributed by atoms with Gasteiger partial charge in [-0.2, -0.15) is 0 Å². The molecule has 0 atom stereocenters. The molecule has 0 spiro atoms. The Morgan fingerprint density at radius 3 is 2.40 bits per heavy atom. The lowest BCUT2D eigenvalue weighted by Crippen LogP contribution is -2.13. The molecule has 4 nitrogen and oxygen atoms in total. The molecular formula is C11H18O4. The van der Waals surface area contributed by atoms with E-state index < -0.39 is 0 Å². The minimum atomic E-state index is -0.378. The first kappa shape index (κ1) is 13.9. The molecule has 0 aliphatic carbocycles. The molecule has 0 N–H and O–H groups in total. The fraction of sp³-hybridized carbons (Fsp3) is 0.545. The van der Waals surface area contributed by atoms with E-state index in [0.717, 1.165) is 5.57 Å². The topological polar surface area (TPSA) is 44.8 Å². The molecule has 86 valence electrons. The fourth-order valence-electron chi connectivity index (χ4n) is 1.02. The zero-order valence-corrected chi connectivity index (χ0v) is 9.65. The highest BCUT2D eigenvalue weighted by Crippen LogP contribution is 2.05. The maximum atomic E-state index is 10.9. The van der Waals surface area contributed by atoms with Crippen LogP contribution in [0.25, 0.3) is 0 Å². The van der Waals surface area contributed by atoms with Crippen molar-refractivity contribution in [2.24, 2.45) is 0 Å². The van der Waals surface area contributed by atoms with Gasteiger partial charge in [0.25, 0.3) is 0 Å². The van der Waals surface area contributed by atoms with Crippen LogP contribution in [0.5, 0.6) is 0 Å². The maximum absolute atomic E-state index is 10.9. The largest absolute Gasteiger partial charge is 0.463 e. The smallest absolute Gasteiger partial charge is 0.330 e. The number of methoxy groups -OCH3 is 2. The summed E-state index contributed by atoms with van der Waals surface area (Å²) in [6, 6.07) is 0. The van der Waals surface area contributed by atoms with Crippen LogP contribution in [0.3, 0.4) is 0 Å². The van der Waals surface area contributed by atoms with Gasteiger partial charge in [0.15, 0.2) is 6.29 Å². The molecule has 0 unspecified atom stereocenters. The molecule has 0 fully saturated rings. The zero-order chi connectivity index (χ0) is 11.7. The van der Waals surface area contributed by atoms with Crippen LogP contribution in [0, 0.1) is 0 Å². The molecular weight excluding hydrogens is 196 g/mol. The summed E-state index contributed by atoms with van der Waals surface area (Å²) >= 11 is 0. The van der Waals surface area contributed by atoms with Crippen LogP contribution in [-0.2, 0) is 19.0 Å². The third-order valence-electron chi connectivity index (χ3n) is 1.68. The molecule has 0 bridgehead atoms. The van der Waals surface area contributed by atoms with Crippen molar-refractivity contribution in [2.45, 2.75) is 20.1 Å². The lowest BCUT2D eigenvalue weighted by atomic mass is 10.2. The third kappa shape index (κ3) is 6.04. The van der Waals surface area contributed by atoms with Crippen molar-refractivity contribution in [1.82, 2.24) is 0 Å². The maximum Gasteiger partial charge on any atom is 0.330 e. The van der Waals surface area contributed by atoms with Gasteiger partial charge in [-0.15, -0.1) is 0 Å². The molecule has 0 heterocycles. The summed E-state index contributed by atoms with van der Waals surface area (Å²) in [5.41, 5.74) is 0.876. The Morgan fingerprint density at radius 1 is 1.33 bits per heavy atom. The number of allylic oxidation sites excluding steroid dienone is 2. The first-order valence-corrected chi connectivity index (χ1v) is 4.72. The van der Waals surface area contributed by atoms with Crippen molar-refractivity contribution in [3.63, 3.8) is 0 Å². The quantitative estimate of drug-likeness (QED) is 0.292. The highest BCUT2D eigenvalue weighted by Gasteiger charge is 2.05. The van der Waals surface area contributed by atoms with E-state index in [1.54, 1.807) is 33.3 Å². The monoisotopic (exact) mass is 214 g/mol. The van der Waals surface area contributed by atoms with Gasteiger partial charge >= 0.3 is 5.97 Å². The van der Waals surface area contributed by atoms with Gasteiger partial charge < -0.3 is 14.2 Å². The van der Waals surface area contributed by atoms with Crippen LogP contribution in [-0.4, -0.2) is 33.1 Å². The lowest BCUT2D eigenvalue weighted by Gasteiger charge is -2.12. The highest BCUT2D eigenvalue weighted by atomic mass is 16.7.